The highest BCUT2D eigenvalue weighted by atomic mass is 32.1. The van der Waals surface area contributed by atoms with Gasteiger partial charge in [0.1, 0.15) is 5.56 Å². The molecule has 1 aliphatic heterocycles. The molecule has 2 aromatic heterocycles. The summed E-state index contributed by atoms with van der Waals surface area (Å²) in [6.45, 7) is 2.35. The number of aromatic nitrogens is 2. The van der Waals surface area contributed by atoms with Crippen molar-refractivity contribution in [1.29, 1.82) is 0 Å². The van der Waals surface area contributed by atoms with Crippen molar-refractivity contribution in [3.05, 3.63) is 48.8 Å². The van der Waals surface area contributed by atoms with Crippen LogP contribution in [0.5, 0.6) is 5.88 Å². The normalized spacial score (nSPS) is 17.1. The standard InChI is InChI=1S/C15H18N4O3S/c1-2-3-6-19-14(21)12(13(20)16-15(19)22)10-8-9(17-18-10)11-5-4-7-23-11/h4-5,7,9,17,21H,2-3,6,8H2,1H3,(H,16,20,22)/t9-/m1/s1. The Hall–Kier alpha value is -2.35. The molecule has 0 saturated carbocycles. The number of H-pyrrole nitrogens is 1. The van der Waals surface area contributed by atoms with Crippen LogP contribution in [0.15, 0.2) is 32.2 Å². The lowest BCUT2D eigenvalue weighted by Crippen LogP contribution is -2.33. The molecule has 2 aromatic rings. The molecule has 0 aliphatic carbocycles. The molecule has 122 valence electrons. The lowest BCUT2D eigenvalue weighted by atomic mass is 10.1. The summed E-state index contributed by atoms with van der Waals surface area (Å²) < 4.78 is 1.20. The molecular formula is C15H18N4O3S. The van der Waals surface area contributed by atoms with Crippen molar-refractivity contribution >= 4 is 17.0 Å². The average Bonchev–Trinajstić information content (AvgIpc) is 3.17. The number of thiophene rings is 1. The Morgan fingerprint density at radius 3 is 3.00 bits per heavy atom. The lowest BCUT2D eigenvalue weighted by Gasteiger charge is -2.11. The predicted octanol–water partition coefficient (Wildman–Crippen LogP) is 1.54. The third kappa shape index (κ3) is 2.94. The van der Waals surface area contributed by atoms with Crippen molar-refractivity contribution in [2.75, 3.05) is 0 Å². The van der Waals surface area contributed by atoms with Crippen molar-refractivity contribution in [2.45, 2.75) is 38.8 Å². The molecule has 3 N–H and O–H groups in total. The van der Waals surface area contributed by atoms with Gasteiger partial charge in [0.2, 0.25) is 5.88 Å². The van der Waals surface area contributed by atoms with E-state index in [-0.39, 0.29) is 17.5 Å². The average molecular weight is 334 g/mol. The number of nitrogens with one attached hydrogen (secondary N) is 2. The Morgan fingerprint density at radius 2 is 2.30 bits per heavy atom. The second-order valence-corrected chi connectivity index (χ2v) is 6.40. The second-order valence-electron chi connectivity index (χ2n) is 5.42. The summed E-state index contributed by atoms with van der Waals surface area (Å²) in [5, 5.41) is 16.6. The molecular weight excluding hydrogens is 316 g/mol. The van der Waals surface area contributed by atoms with Gasteiger partial charge >= 0.3 is 5.69 Å². The van der Waals surface area contributed by atoms with Crippen molar-refractivity contribution < 1.29 is 5.11 Å². The molecule has 0 saturated heterocycles. The lowest BCUT2D eigenvalue weighted by molar-refractivity contribution is 0.394. The minimum atomic E-state index is -0.604. The number of hydrogen-bond donors (Lipinski definition) is 3. The first-order valence-corrected chi connectivity index (χ1v) is 8.41. The topological polar surface area (TPSA) is 99.5 Å². The molecule has 0 radical (unpaired) electrons. The van der Waals surface area contributed by atoms with E-state index < -0.39 is 11.2 Å². The van der Waals surface area contributed by atoms with Gasteiger partial charge in [-0.15, -0.1) is 11.3 Å². The van der Waals surface area contributed by atoms with E-state index in [1.165, 1.54) is 4.57 Å². The first-order valence-electron chi connectivity index (χ1n) is 7.53. The van der Waals surface area contributed by atoms with Crippen LogP contribution in [-0.2, 0) is 6.54 Å². The fourth-order valence-corrected chi connectivity index (χ4v) is 3.37. The van der Waals surface area contributed by atoms with Crippen LogP contribution >= 0.6 is 11.3 Å². The maximum Gasteiger partial charge on any atom is 0.331 e. The van der Waals surface area contributed by atoms with Gasteiger partial charge in [0.15, 0.2) is 0 Å². The Labute approximate surface area is 136 Å². The van der Waals surface area contributed by atoms with E-state index in [1.54, 1.807) is 11.3 Å². The van der Waals surface area contributed by atoms with Crippen molar-refractivity contribution in [2.24, 2.45) is 5.10 Å². The highest BCUT2D eigenvalue weighted by Gasteiger charge is 2.27. The zero-order chi connectivity index (χ0) is 16.4. The van der Waals surface area contributed by atoms with Gasteiger partial charge in [-0.2, -0.15) is 5.10 Å². The molecule has 23 heavy (non-hydrogen) atoms. The number of nitrogens with zero attached hydrogens (tertiary/aromatic N) is 2. The summed E-state index contributed by atoms with van der Waals surface area (Å²) in [7, 11) is 0. The Balaban J connectivity index is 1.94. The third-order valence-electron chi connectivity index (χ3n) is 3.84. The molecule has 8 heteroatoms. The van der Waals surface area contributed by atoms with Crippen molar-refractivity contribution in [1.82, 2.24) is 15.0 Å². The number of aromatic hydroxyl groups is 1. The molecule has 0 fully saturated rings. The summed E-state index contributed by atoms with van der Waals surface area (Å²) in [6, 6.07) is 3.93. The largest absolute Gasteiger partial charge is 0.494 e. The van der Waals surface area contributed by atoms with Crippen LogP contribution in [0.2, 0.25) is 0 Å². The summed E-state index contributed by atoms with van der Waals surface area (Å²) in [4.78, 5) is 27.4. The zero-order valence-electron chi connectivity index (χ0n) is 12.7. The molecule has 0 bridgehead atoms. The molecule has 1 atom stereocenters. The van der Waals surface area contributed by atoms with Crippen LogP contribution in [0.4, 0.5) is 0 Å². The van der Waals surface area contributed by atoms with Crippen LogP contribution in [-0.4, -0.2) is 20.4 Å². The molecule has 0 unspecified atom stereocenters. The van der Waals surface area contributed by atoms with Crippen LogP contribution in [0.1, 0.15) is 42.7 Å². The smallest absolute Gasteiger partial charge is 0.331 e. The fourth-order valence-electron chi connectivity index (χ4n) is 2.60. The fraction of sp³-hybridized carbons (Fsp3) is 0.400. The second kappa shape index (κ2) is 6.41. The third-order valence-corrected chi connectivity index (χ3v) is 4.82. The van der Waals surface area contributed by atoms with Gasteiger partial charge < -0.3 is 10.5 Å². The zero-order valence-corrected chi connectivity index (χ0v) is 13.5. The Kier molecular flexibility index (Phi) is 4.33. The van der Waals surface area contributed by atoms with Gasteiger partial charge in [-0.1, -0.05) is 19.4 Å². The monoisotopic (exact) mass is 334 g/mol. The summed E-state index contributed by atoms with van der Waals surface area (Å²) >= 11 is 1.60. The van der Waals surface area contributed by atoms with Crippen LogP contribution in [0, 0.1) is 0 Å². The maximum atomic E-state index is 12.1. The van der Waals surface area contributed by atoms with Crippen molar-refractivity contribution in [3.8, 4) is 5.88 Å². The minimum absolute atomic E-state index is 0.0141. The number of hydrazone groups is 1. The van der Waals surface area contributed by atoms with Crippen molar-refractivity contribution in [3.63, 3.8) is 0 Å². The van der Waals surface area contributed by atoms with E-state index in [4.69, 9.17) is 0 Å². The quantitative estimate of drug-likeness (QED) is 0.772. The number of rotatable bonds is 5. The summed E-state index contributed by atoms with van der Waals surface area (Å²) in [5.41, 5.74) is 2.33. The van der Waals surface area contributed by atoms with Crippen LogP contribution < -0.4 is 16.7 Å². The minimum Gasteiger partial charge on any atom is -0.494 e. The summed E-state index contributed by atoms with van der Waals surface area (Å²) in [5.74, 6) is -0.306. The Bertz CT molecular complexity index is 835. The molecule has 3 heterocycles. The van der Waals surface area contributed by atoms with Crippen LogP contribution in [0.25, 0.3) is 0 Å². The molecule has 3 rings (SSSR count). The first-order chi connectivity index (χ1) is 11.1. The molecule has 7 nitrogen and oxygen atoms in total. The highest BCUT2D eigenvalue weighted by Crippen LogP contribution is 2.28. The highest BCUT2D eigenvalue weighted by molar-refractivity contribution is 7.10. The predicted molar refractivity (Wildman–Crippen MR) is 89.2 cm³/mol. The maximum absolute atomic E-state index is 12.1. The Morgan fingerprint density at radius 1 is 1.48 bits per heavy atom. The van der Waals surface area contributed by atoms with Gasteiger partial charge in [-0.3, -0.25) is 14.3 Å². The van der Waals surface area contributed by atoms with E-state index in [9.17, 15) is 14.7 Å². The SMILES string of the molecule is CCCCn1c(O)c(C2=NN[C@@H](c3cccs3)C2)c(=O)[nH]c1=O. The van der Waals surface area contributed by atoms with Gasteiger partial charge in [0.25, 0.3) is 5.56 Å². The van der Waals surface area contributed by atoms with Gasteiger partial charge in [0.05, 0.1) is 11.8 Å². The van der Waals surface area contributed by atoms with Gasteiger partial charge in [-0.05, 0) is 17.9 Å². The van der Waals surface area contributed by atoms with E-state index in [1.807, 2.05) is 24.4 Å². The van der Waals surface area contributed by atoms with Gasteiger partial charge in [0, 0.05) is 17.8 Å². The van der Waals surface area contributed by atoms with Crippen LogP contribution in [0.3, 0.4) is 0 Å². The first kappa shape index (κ1) is 15.5. The molecule has 0 spiro atoms. The van der Waals surface area contributed by atoms with E-state index in [0.29, 0.717) is 18.7 Å². The molecule has 0 amide bonds. The van der Waals surface area contributed by atoms with E-state index in [0.717, 1.165) is 17.7 Å². The number of unbranched alkanes of at least 4 members (excludes halogenated alkanes) is 1. The van der Waals surface area contributed by atoms with E-state index >= 15 is 0 Å². The molecule has 0 aromatic carbocycles. The number of hydrogen-bond acceptors (Lipinski definition) is 6. The van der Waals surface area contributed by atoms with E-state index in [2.05, 4.69) is 15.5 Å². The van der Waals surface area contributed by atoms with Gasteiger partial charge in [-0.25, -0.2) is 4.79 Å². The molecule has 1 aliphatic rings. The summed E-state index contributed by atoms with van der Waals surface area (Å²) in [6.07, 6.45) is 2.11. The number of aromatic amines is 1.